The molecule has 0 bridgehead atoms. The van der Waals surface area contributed by atoms with Crippen LogP contribution in [0.5, 0.6) is 0 Å². The minimum atomic E-state index is -0.386. The number of aromatic nitrogens is 3. The van der Waals surface area contributed by atoms with E-state index in [0.29, 0.717) is 17.1 Å². The second-order valence-corrected chi connectivity index (χ2v) is 6.64. The third kappa shape index (κ3) is 3.14. The summed E-state index contributed by atoms with van der Waals surface area (Å²) in [6, 6.07) is 10.3. The number of nitrogens with one attached hydrogen (secondary N) is 1. The summed E-state index contributed by atoms with van der Waals surface area (Å²) in [5, 5.41) is 7.43. The quantitative estimate of drug-likeness (QED) is 0.775. The Morgan fingerprint density at radius 1 is 1.08 bits per heavy atom. The van der Waals surface area contributed by atoms with Crippen LogP contribution in [0.4, 0.5) is 4.39 Å². The number of rotatable bonds is 4. The number of hydrogen-bond acceptors (Lipinski definition) is 2. The predicted molar refractivity (Wildman–Crippen MR) is 97.2 cm³/mol. The van der Waals surface area contributed by atoms with E-state index in [9.17, 15) is 9.18 Å². The maximum atomic E-state index is 14.3. The molecular weight excluding hydrogens is 331 g/mol. The summed E-state index contributed by atoms with van der Waals surface area (Å²) in [6.45, 7) is 0. The first-order valence-corrected chi connectivity index (χ1v) is 9.01. The molecule has 6 heteroatoms. The van der Waals surface area contributed by atoms with Crippen LogP contribution in [-0.4, -0.2) is 26.3 Å². The summed E-state index contributed by atoms with van der Waals surface area (Å²) in [7, 11) is 0. The Morgan fingerprint density at radius 3 is 2.54 bits per heavy atom. The van der Waals surface area contributed by atoms with Gasteiger partial charge in [-0.25, -0.2) is 9.07 Å². The van der Waals surface area contributed by atoms with Gasteiger partial charge in [-0.15, -0.1) is 0 Å². The Kier molecular flexibility index (Phi) is 4.56. The van der Waals surface area contributed by atoms with Crippen molar-refractivity contribution in [3.8, 4) is 11.5 Å². The molecule has 1 aliphatic rings. The second-order valence-electron chi connectivity index (χ2n) is 6.64. The molecule has 1 fully saturated rings. The van der Waals surface area contributed by atoms with Gasteiger partial charge >= 0.3 is 0 Å². The van der Waals surface area contributed by atoms with Crippen LogP contribution in [0, 0.1) is 5.82 Å². The molecule has 1 saturated carbocycles. The largest absolute Gasteiger partial charge is 0.349 e. The first-order chi connectivity index (χ1) is 12.7. The molecule has 1 aliphatic carbocycles. The van der Waals surface area contributed by atoms with E-state index in [4.69, 9.17) is 0 Å². The fourth-order valence-electron chi connectivity index (χ4n) is 3.54. The Bertz CT molecular complexity index is 894. The molecule has 5 nitrogen and oxygen atoms in total. The van der Waals surface area contributed by atoms with Gasteiger partial charge in [0, 0.05) is 18.4 Å². The van der Waals surface area contributed by atoms with E-state index in [1.165, 1.54) is 23.4 Å². The van der Waals surface area contributed by atoms with Gasteiger partial charge in [0.2, 0.25) is 0 Å². The van der Waals surface area contributed by atoms with Crippen molar-refractivity contribution in [2.75, 3.05) is 0 Å². The molecule has 26 heavy (non-hydrogen) atoms. The maximum absolute atomic E-state index is 14.3. The Labute approximate surface area is 151 Å². The third-order valence-electron chi connectivity index (χ3n) is 4.86. The van der Waals surface area contributed by atoms with Crippen LogP contribution in [0.2, 0.25) is 0 Å². The number of hydrogen-bond donors (Lipinski definition) is 1. The molecule has 1 amide bonds. The monoisotopic (exact) mass is 352 g/mol. The molecule has 0 spiro atoms. The van der Waals surface area contributed by atoms with E-state index >= 15 is 0 Å². The summed E-state index contributed by atoms with van der Waals surface area (Å²) in [4.78, 5) is 12.9. The highest BCUT2D eigenvalue weighted by Crippen LogP contribution is 2.23. The molecule has 0 atom stereocenters. The van der Waals surface area contributed by atoms with Crippen molar-refractivity contribution in [2.24, 2.45) is 0 Å². The molecule has 0 unspecified atom stereocenters. The number of carbonyl (C=O) groups is 1. The van der Waals surface area contributed by atoms with Crippen LogP contribution in [0.1, 0.15) is 42.5 Å². The molecular formula is C20H21FN4O. The lowest BCUT2D eigenvalue weighted by Gasteiger charge is -2.22. The fraction of sp³-hybridized carbons (Fsp3) is 0.300. The van der Waals surface area contributed by atoms with Gasteiger partial charge in [0.15, 0.2) is 5.82 Å². The van der Waals surface area contributed by atoms with Gasteiger partial charge in [-0.2, -0.15) is 5.10 Å². The van der Waals surface area contributed by atoms with Crippen LogP contribution >= 0.6 is 0 Å². The van der Waals surface area contributed by atoms with Crippen molar-refractivity contribution in [1.82, 2.24) is 19.7 Å². The summed E-state index contributed by atoms with van der Waals surface area (Å²) >= 11 is 0. The number of nitrogens with zero attached hydrogens (tertiary/aromatic N) is 3. The maximum Gasteiger partial charge on any atom is 0.256 e. The van der Waals surface area contributed by atoms with Crippen molar-refractivity contribution in [1.29, 1.82) is 0 Å². The SMILES string of the molecule is O=C(NC1CCCCC1)c1cnn(-c2ccccc2F)c1-n1cccc1. The molecule has 2 aromatic heterocycles. The van der Waals surface area contributed by atoms with E-state index in [1.807, 2.05) is 24.5 Å². The Balaban J connectivity index is 1.73. The van der Waals surface area contributed by atoms with Crippen molar-refractivity contribution >= 4 is 5.91 Å². The minimum Gasteiger partial charge on any atom is -0.349 e. The molecule has 0 saturated heterocycles. The van der Waals surface area contributed by atoms with Gasteiger partial charge in [0.1, 0.15) is 17.1 Å². The van der Waals surface area contributed by atoms with E-state index in [-0.39, 0.29) is 17.8 Å². The van der Waals surface area contributed by atoms with Gasteiger partial charge in [-0.05, 0) is 37.1 Å². The van der Waals surface area contributed by atoms with Gasteiger partial charge in [-0.1, -0.05) is 31.4 Å². The molecule has 2 heterocycles. The van der Waals surface area contributed by atoms with Crippen LogP contribution in [0.25, 0.3) is 11.5 Å². The average molecular weight is 352 g/mol. The van der Waals surface area contributed by atoms with Crippen molar-refractivity contribution in [3.63, 3.8) is 0 Å². The smallest absolute Gasteiger partial charge is 0.256 e. The van der Waals surface area contributed by atoms with Crippen molar-refractivity contribution in [3.05, 3.63) is 66.4 Å². The molecule has 0 aliphatic heterocycles. The van der Waals surface area contributed by atoms with E-state index in [2.05, 4.69) is 10.4 Å². The first kappa shape index (κ1) is 16.6. The average Bonchev–Trinajstić information content (AvgIpc) is 3.32. The van der Waals surface area contributed by atoms with Gasteiger partial charge in [0.25, 0.3) is 5.91 Å². The van der Waals surface area contributed by atoms with E-state index < -0.39 is 0 Å². The summed E-state index contributed by atoms with van der Waals surface area (Å²) in [6.07, 6.45) is 10.7. The Hall–Kier alpha value is -2.89. The molecule has 0 radical (unpaired) electrons. The number of benzene rings is 1. The molecule has 1 N–H and O–H groups in total. The number of carbonyl (C=O) groups excluding carboxylic acids is 1. The number of halogens is 1. The highest BCUT2D eigenvalue weighted by Gasteiger charge is 2.23. The van der Waals surface area contributed by atoms with Crippen molar-refractivity contribution in [2.45, 2.75) is 38.1 Å². The lowest BCUT2D eigenvalue weighted by Crippen LogP contribution is -2.36. The van der Waals surface area contributed by atoms with Crippen LogP contribution in [0.15, 0.2) is 55.0 Å². The summed E-state index contributed by atoms with van der Waals surface area (Å²) < 4.78 is 17.6. The van der Waals surface area contributed by atoms with Gasteiger partial charge in [-0.3, -0.25) is 4.79 Å². The van der Waals surface area contributed by atoms with E-state index in [1.54, 1.807) is 22.8 Å². The lowest BCUT2D eigenvalue weighted by atomic mass is 9.95. The van der Waals surface area contributed by atoms with Crippen LogP contribution in [-0.2, 0) is 0 Å². The molecule has 3 aromatic rings. The predicted octanol–water partition coefficient (Wildman–Crippen LogP) is 3.86. The summed E-state index contributed by atoms with van der Waals surface area (Å²) in [5.74, 6) is -0.0140. The van der Waals surface area contributed by atoms with Crippen LogP contribution in [0.3, 0.4) is 0 Å². The zero-order valence-electron chi connectivity index (χ0n) is 14.4. The lowest BCUT2D eigenvalue weighted by molar-refractivity contribution is 0.0927. The zero-order valence-corrected chi connectivity index (χ0v) is 14.4. The highest BCUT2D eigenvalue weighted by atomic mass is 19.1. The summed E-state index contributed by atoms with van der Waals surface area (Å²) in [5.41, 5.74) is 0.753. The molecule has 1 aromatic carbocycles. The first-order valence-electron chi connectivity index (χ1n) is 9.01. The third-order valence-corrected chi connectivity index (χ3v) is 4.86. The standard InChI is InChI=1S/C20H21FN4O/c21-17-10-4-5-11-18(17)25-20(24-12-6-7-13-24)16(14-22-25)19(26)23-15-8-2-1-3-9-15/h4-7,10-15H,1-3,8-9H2,(H,23,26). The fourth-order valence-corrected chi connectivity index (χ4v) is 3.54. The Morgan fingerprint density at radius 2 is 1.81 bits per heavy atom. The second kappa shape index (κ2) is 7.15. The van der Waals surface area contributed by atoms with Crippen LogP contribution < -0.4 is 5.32 Å². The van der Waals surface area contributed by atoms with Gasteiger partial charge in [0.05, 0.1) is 6.20 Å². The van der Waals surface area contributed by atoms with Crippen molar-refractivity contribution < 1.29 is 9.18 Å². The van der Waals surface area contributed by atoms with Gasteiger partial charge < -0.3 is 9.88 Å². The number of para-hydroxylation sites is 1. The minimum absolute atomic E-state index is 0.164. The topological polar surface area (TPSA) is 51.9 Å². The van der Waals surface area contributed by atoms with E-state index in [0.717, 1.165) is 25.7 Å². The highest BCUT2D eigenvalue weighted by molar-refractivity contribution is 5.97. The normalized spacial score (nSPS) is 15.1. The number of amides is 1. The molecule has 4 rings (SSSR count). The molecule has 134 valence electrons. The zero-order chi connectivity index (χ0) is 17.9.